The lowest BCUT2D eigenvalue weighted by atomic mass is 10.2. The van der Waals surface area contributed by atoms with E-state index in [0.29, 0.717) is 3.57 Å². The average molecular weight is 702 g/mol. The van der Waals surface area contributed by atoms with Crippen LogP contribution >= 0.6 is 67.8 Å². The summed E-state index contributed by atoms with van der Waals surface area (Å²) in [6.45, 7) is -0.591. The van der Waals surface area contributed by atoms with Crippen molar-refractivity contribution in [1.82, 2.24) is 0 Å². The molecule has 13 heteroatoms. The molecule has 0 amide bonds. The van der Waals surface area contributed by atoms with Gasteiger partial charge in [0, 0.05) is 17.1 Å². The third kappa shape index (κ3) is 6.11. The third-order valence-electron chi connectivity index (χ3n) is 2.28. The lowest BCUT2D eigenvalue weighted by molar-refractivity contribution is -0.218. The van der Waals surface area contributed by atoms with Gasteiger partial charge in [-0.3, -0.25) is 0 Å². The summed E-state index contributed by atoms with van der Waals surface area (Å²) in [6, 6.07) is 3.37. The van der Waals surface area contributed by atoms with Crippen molar-refractivity contribution in [3.8, 4) is 0 Å². The van der Waals surface area contributed by atoms with E-state index in [4.69, 9.17) is 4.74 Å². The number of benzene rings is 1. The first kappa shape index (κ1) is 22.1. The average Bonchev–Trinajstić information content (AvgIpc) is 2.40. The second-order valence-electron chi connectivity index (χ2n) is 4.04. The number of carbonyl (C=O) groups is 1. The highest BCUT2D eigenvalue weighted by molar-refractivity contribution is 14.1. The molecule has 0 spiro atoms. The van der Waals surface area contributed by atoms with Gasteiger partial charge in [0.25, 0.3) is 0 Å². The van der Waals surface area contributed by atoms with E-state index in [1.54, 1.807) is 6.07 Å². The number of halogens is 6. The van der Waals surface area contributed by atoms with Crippen LogP contribution in [-0.4, -0.2) is 32.4 Å². The summed E-state index contributed by atoms with van der Waals surface area (Å²) in [7, 11) is -5.89. The van der Waals surface area contributed by atoms with E-state index >= 15 is 0 Å². The summed E-state index contributed by atoms with van der Waals surface area (Å²) in [6.07, 6.45) is -0.779. The standard InChI is InChI=1S/C11H7F3I3NO5S/c12-11(13,14)24(21,22)18-8(19)1-2-23-10(20)6-3-5(15)4-7(16)9(6)17/h3-4H,1-2H2,(H,18,19)/p-1. The predicted octanol–water partition coefficient (Wildman–Crippen LogP) is 2.66. The van der Waals surface area contributed by atoms with Crippen LogP contribution in [0.1, 0.15) is 16.8 Å². The van der Waals surface area contributed by atoms with Crippen molar-refractivity contribution < 1.29 is 36.2 Å². The van der Waals surface area contributed by atoms with Gasteiger partial charge < -0.3 is 9.84 Å². The van der Waals surface area contributed by atoms with Gasteiger partial charge in [-0.15, -0.1) is 0 Å². The van der Waals surface area contributed by atoms with Crippen LogP contribution in [0.25, 0.3) is 0 Å². The maximum absolute atomic E-state index is 12.1. The van der Waals surface area contributed by atoms with E-state index in [-0.39, 0.29) is 5.56 Å². The molecule has 0 aliphatic rings. The van der Waals surface area contributed by atoms with Gasteiger partial charge in [-0.1, -0.05) is 0 Å². The summed E-state index contributed by atoms with van der Waals surface area (Å²) in [5, 5.41) is 11.2. The summed E-state index contributed by atoms with van der Waals surface area (Å²) < 4.78 is 66.6. The molecule has 0 radical (unpaired) electrons. The molecule has 0 bridgehead atoms. The molecule has 0 N–H and O–H groups in total. The number of nitrogens with zero attached hydrogens (tertiary/aromatic N) is 1. The molecule has 0 saturated heterocycles. The van der Waals surface area contributed by atoms with Crippen LogP contribution in [-0.2, 0) is 14.8 Å². The number of carbonyl (C=O) groups excluding carboxylic acids is 1. The zero-order valence-electron chi connectivity index (χ0n) is 11.2. The SMILES string of the molecule is O=C(OCC/C([O-])=N/S(=O)(=O)C(F)(F)F)c1cc(I)cc(I)c1I. The zero-order chi connectivity index (χ0) is 18.7. The third-order valence-corrected chi connectivity index (χ3v) is 6.97. The van der Waals surface area contributed by atoms with E-state index in [1.807, 2.05) is 73.8 Å². The van der Waals surface area contributed by atoms with Gasteiger partial charge in [0.1, 0.15) is 0 Å². The van der Waals surface area contributed by atoms with Crippen molar-refractivity contribution in [2.75, 3.05) is 6.61 Å². The topological polar surface area (TPSA) is 95.9 Å². The van der Waals surface area contributed by atoms with Crippen LogP contribution in [0, 0.1) is 10.7 Å². The van der Waals surface area contributed by atoms with Crippen molar-refractivity contribution in [3.05, 3.63) is 28.4 Å². The van der Waals surface area contributed by atoms with Crippen LogP contribution in [0.5, 0.6) is 0 Å². The first-order valence-electron chi connectivity index (χ1n) is 5.74. The first-order valence-corrected chi connectivity index (χ1v) is 10.4. The van der Waals surface area contributed by atoms with E-state index in [1.165, 1.54) is 0 Å². The predicted molar refractivity (Wildman–Crippen MR) is 102 cm³/mol. The lowest BCUT2D eigenvalue weighted by Gasteiger charge is -2.12. The molecule has 0 saturated carbocycles. The maximum atomic E-state index is 12.1. The Morgan fingerprint density at radius 2 is 1.83 bits per heavy atom. The molecule has 0 aliphatic carbocycles. The highest BCUT2D eigenvalue weighted by atomic mass is 127. The first-order chi connectivity index (χ1) is 10.8. The largest absolute Gasteiger partial charge is 0.861 e. The monoisotopic (exact) mass is 702 g/mol. The van der Waals surface area contributed by atoms with Crippen molar-refractivity contribution in [1.29, 1.82) is 0 Å². The fourth-order valence-electron chi connectivity index (χ4n) is 1.24. The van der Waals surface area contributed by atoms with Gasteiger partial charge in [0.05, 0.1) is 12.2 Å². The van der Waals surface area contributed by atoms with Crippen LogP contribution in [0.3, 0.4) is 0 Å². The Hall–Kier alpha value is 0.0900. The number of hydrogen-bond acceptors (Lipinski definition) is 5. The maximum Gasteiger partial charge on any atom is 0.518 e. The van der Waals surface area contributed by atoms with Crippen LogP contribution in [0.15, 0.2) is 16.5 Å². The molecule has 134 valence electrons. The summed E-state index contributed by atoms with van der Waals surface area (Å²) >= 11 is 5.94. The highest BCUT2D eigenvalue weighted by Crippen LogP contribution is 2.25. The number of ether oxygens (including phenoxy) is 1. The summed E-state index contributed by atoms with van der Waals surface area (Å²) in [5.41, 5.74) is -5.41. The number of alkyl halides is 3. The van der Waals surface area contributed by atoms with E-state index in [0.717, 1.165) is 7.14 Å². The van der Waals surface area contributed by atoms with Gasteiger partial charge >= 0.3 is 21.5 Å². The second-order valence-corrected chi connectivity index (χ2v) is 9.12. The molecule has 0 aromatic heterocycles. The molecule has 1 aromatic carbocycles. The van der Waals surface area contributed by atoms with Crippen molar-refractivity contribution in [3.63, 3.8) is 0 Å². The van der Waals surface area contributed by atoms with Crippen LogP contribution < -0.4 is 5.11 Å². The lowest BCUT2D eigenvalue weighted by Crippen LogP contribution is -2.27. The molecule has 0 atom stereocenters. The fraction of sp³-hybridized carbons (Fsp3) is 0.273. The van der Waals surface area contributed by atoms with Crippen molar-refractivity contribution >= 4 is 89.7 Å². The van der Waals surface area contributed by atoms with Gasteiger partial charge in [-0.2, -0.15) is 26.0 Å². The van der Waals surface area contributed by atoms with Crippen LogP contribution in [0.2, 0.25) is 0 Å². The zero-order valence-corrected chi connectivity index (χ0v) is 18.5. The molecule has 0 aliphatic heterocycles. The Kier molecular flexibility index (Phi) is 7.98. The molecule has 1 aromatic rings. The number of hydrogen-bond donors (Lipinski definition) is 0. The Labute approximate surface area is 175 Å². The molecular weight excluding hydrogens is 696 g/mol. The highest BCUT2D eigenvalue weighted by Gasteiger charge is 2.45. The van der Waals surface area contributed by atoms with E-state index in [9.17, 15) is 31.5 Å². The number of esters is 1. The Morgan fingerprint density at radius 3 is 2.38 bits per heavy atom. The van der Waals surface area contributed by atoms with Gasteiger partial charge in [-0.05, 0) is 85.8 Å². The molecule has 0 fully saturated rings. The molecule has 1 rings (SSSR count). The minimum Gasteiger partial charge on any atom is -0.861 e. The normalized spacial score (nSPS) is 13.0. The molecule has 0 heterocycles. The van der Waals surface area contributed by atoms with Gasteiger partial charge in [0.2, 0.25) is 0 Å². The second kappa shape index (κ2) is 8.65. The Balaban J connectivity index is 2.74. The van der Waals surface area contributed by atoms with Crippen LogP contribution in [0.4, 0.5) is 13.2 Å². The van der Waals surface area contributed by atoms with Gasteiger partial charge in [0.15, 0.2) is 0 Å². The molecule has 6 nitrogen and oxygen atoms in total. The quantitative estimate of drug-likeness (QED) is 0.155. The van der Waals surface area contributed by atoms with Crippen molar-refractivity contribution in [2.45, 2.75) is 11.9 Å². The smallest absolute Gasteiger partial charge is 0.518 e. The summed E-state index contributed by atoms with van der Waals surface area (Å²) in [5.74, 6) is -2.32. The fourth-order valence-corrected chi connectivity index (χ4v) is 4.08. The minimum atomic E-state index is -5.89. The molecular formula is C11H6F3I3NO5S-. The molecule has 24 heavy (non-hydrogen) atoms. The summed E-state index contributed by atoms with van der Waals surface area (Å²) in [4.78, 5) is 11.9. The number of sulfonamides is 1. The van der Waals surface area contributed by atoms with E-state index < -0.39 is 40.4 Å². The Bertz CT molecular complexity index is 780. The number of rotatable bonds is 5. The Morgan fingerprint density at radius 1 is 1.25 bits per heavy atom. The van der Waals surface area contributed by atoms with E-state index in [2.05, 4.69) is 4.40 Å². The van der Waals surface area contributed by atoms with Crippen molar-refractivity contribution in [2.24, 2.45) is 4.40 Å². The molecule has 0 unspecified atom stereocenters. The minimum absolute atomic E-state index is 0.235. The van der Waals surface area contributed by atoms with Gasteiger partial charge in [-0.25, -0.2) is 4.79 Å².